The van der Waals surface area contributed by atoms with Gasteiger partial charge in [0, 0.05) is 19.1 Å². The van der Waals surface area contributed by atoms with Crippen LogP contribution in [0.4, 0.5) is 0 Å². The van der Waals surface area contributed by atoms with Crippen molar-refractivity contribution in [2.75, 3.05) is 13.7 Å². The molecule has 0 aliphatic heterocycles. The number of benzene rings is 1. The third kappa shape index (κ3) is 3.73. The number of carboxylic acid groups (broad SMARTS) is 1. The predicted molar refractivity (Wildman–Crippen MR) is 78.2 cm³/mol. The topological polar surface area (TPSA) is 49.8 Å². The molecule has 0 amide bonds. The molecule has 0 atom stereocenters. The Hall–Kier alpha value is -1.55. The fraction of sp³-hybridized carbons (Fsp3) is 0.562. The van der Waals surface area contributed by atoms with Crippen LogP contribution in [-0.4, -0.2) is 35.7 Å². The number of carbonyl (C=O) groups is 1. The molecule has 0 unspecified atom stereocenters. The van der Waals surface area contributed by atoms with Gasteiger partial charge in [0.25, 0.3) is 0 Å². The van der Waals surface area contributed by atoms with Crippen LogP contribution < -0.4 is 4.74 Å². The highest BCUT2D eigenvalue weighted by Gasteiger charge is 2.25. The first-order valence-electron chi connectivity index (χ1n) is 7.15. The zero-order valence-electron chi connectivity index (χ0n) is 12.4. The third-order valence-corrected chi connectivity index (χ3v) is 3.80. The van der Waals surface area contributed by atoms with Crippen molar-refractivity contribution in [3.8, 4) is 5.75 Å². The number of nitrogens with zero attached hydrogens (tertiary/aromatic N) is 1. The summed E-state index contributed by atoms with van der Waals surface area (Å²) < 4.78 is 5.09. The highest BCUT2D eigenvalue weighted by Crippen LogP contribution is 2.31. The van der Waals surface area contributed by atoms with E-state index < -0.39 is 5.97 Å². The summed E-state index contributed by atoms with van der Waals surface area (Å²) >= 11 is 0. The van der Waals surface area contributed by atoms with Crippen LogP contribution in [0.25, 0.3) is 0 Å². The van der Waals surface area contributed by atoms with Gasteiger partial charge < -0.3 is 9.84 Å². The van der Waals surface area contributed by atoms with Gasteiger partial charge in [-0.15, -0.1) is 0 Å². The van der Waals surface area contributed by atoms with E-state index in [1.807, 2.05) is 6.07 Å². The molecule has 2 rings (SSSR count). The van der Waals surface area contributed by atoms with E-state index in [1.165, 1.54) is 20.0 Å². The average molecular weight is 277 g/mol. The van der Waals surface area contributed by atoms with Gasteiger partial charge in [-0.2, -0.15) is 0 Å². The van der Waals surface area contributed by atoms with Gasteiger partial charge in [-0.25, -0.2) is 4.79 Å². The summed E-state index contributed by atoms with van der Waals surface area (Å²) in [7, 11) is 1.50. The van der Waals surface area contributed by atoms with Crippen LogP contribution in [0.2, 0.25) is 0 Å². The van der Waals surface area contributed by atoms with E-state index in [1.54, 1.807) is 12.1 Å². The lowest BCUT2D eigenvalue weighted by Crippen LogP contribution is -2.32. The largest absolute Gasteiger partial charge is 0.496 e. The molecule has 0 saturated heterocycles. The second-order valence-electron chi connectivity index (χ2n) is 5.81. The van der Waals surface area contributed by atoms with Crippen molar-refractivity contribution >= 4 is 5.97 Å². The second kappa shape index (κ2) is 6.27. The zero-order chi connectivity index (χ0) is 14.7. The van der Waals surface area contributed by atoms with Crippen molar-refractivity contribution in [1.29, 1.82) is 0 Å². The van der Waals surface area contributed by atoms with E-state index in [0.717, 1.165) is 24.6 Å². The highest BCUT2D eigenvalue weighted by atomic mass is 16.5. The van der Waals surface area contributed by atoms with Crippen LogP contribution in [0.15, 0.2) is 18.2 Å². The van der Waals surface area contributed by atoms with Gasteiger partial charge in [0.15, 0.2) is 0 Å². The lowest BCUT2D eigenvalue weighted by Gasteiger charge is -2.26. The molecular weight excluding hydrogens is 254 g/mol. The minimum absolute atomic E-state index is 0.236. The Labute approximate surface area is 120 Å². The van der Waals surface area contributed by atoms with Gasteiger partial charge >= 0.3 is 5.97 Å². The molecule has 1 aromatic rings. The van der Waals surface area contributed by atoms with E-state index in [-0.39, 0.29) is 5.56 Å². The van der Waals surface area contributed by atoms with Crippen molar-refractivity contribution in [3.63, 3.8) is 0 Å². The summed E-state index contributed by atoms with van der Waals surface area (Å²) in [6, 6.07) is 5.89. The zero-order valence-corrected chi connectivity index (χ0v) is 12.4. The van der Waals surface area contributed by atoms with Crippen molar-refractivity contribution < 1.29 is 14.6 Å². The van der Waals surface area contributed by atoms with Gasteiger partial charge in [0.05, 0.1) is 7.11 Å². The summed E-state index contributed by atoms with van der Waals surface area (Å²) in [6.45, 7) is 6.26. The first kappa shape index (κ1) is 14.9. The Morgan fingerprint density at radius 3 is 2.65 bits per heavy atom. The molecule has 1 aliphatic carbocycles. The van der Waals surface area contributed by atoms with Gasteiger partial charge in [0.1, 0.15) is 11.3 Å². The Bertz CT molecular complexity index is 481. The normalized spacial score (nSPS) is 14.8. The van der Waals surface area contributed by atoms with Crippen molar-refractivity contribution in [2.24, 2.45) is 5.92 Å². The van der Waals surface area contributed by atoms with Crippen molar-refractivity contribution in [1.82, 2.24) is 4.90 Å². The van der Waals surface area contributed by atoms with E-state index in [0.29, 0.717) is 11.8 Å². The number of hydrogen-bond donors (Lipinski definition) is 1. The molecule has 0 bridgehead atoms. The molecular formula is C16H23NO3. The van der Waals surface area contributed by atoms with E-state index in [4.69, 9.17) is 4.74 Å². The molecule has 1 saturated carbocycles. The third-order valence-electron chi connectivity index (χ3n) is 3.80. The van der Waals surface area contributed by atoms with Crippen molar-refractivity contribution in [2.45, 2.75) is 39.3 Å². The summed E-state index contributed by atoms with van der Waals surface area (Å²) in [5.41, 5.74) is 1.26. The smallest absolute Gasteiger partial charge is 0.339 e. The lowest BCUT2D eigenvalue weighted by molar-refractivity contribution is 0.0693. The first-order chi connectivity index (χ1) is 9.51. The maximum atomic E-state index is 11.2. The molecule has 4 nitrogen and oxygen atoms in total. The van der Waals surface area contributed by atoms with E-state index in [9.17, 15) is 9.90 Å². The number of methoxy groups -OCH3 is 1. The maximum Gasteiger partial charge on any atom is 0.339 e. The fourth-order valence-electron chi connectivity index (χ4n) is 2.35. The molecule has 1 aromatic carbocycles. The Morgan fingerprint density at radius 2 is 2.15 bits per heavy atom. The number of ether oxygens (including phenoxy) is 1. The molecule has 1 N–H and O–H groups in total. The van der Waals surface area contributed by atoms with Crippen LogP contribution in [0.5, 0.6) is 5.75 Å². The van der Waals surface area contributed by atoms with E-state index in [2.05, 4.69) is 18.7 Å². The average Bonchev–Trinajstić information content (AvgIpc) is 3.21. The van der Waals surface area contributed by atoms with Crippen molar-refractivity contribution in [3.05, 3.63) is 29.3 Å². The number of carboxylic acids is 1. The summed E-state index contributed by atoms with van der Waals surface area (Å²) in [5, 5.41) is 9.23. The molecule has 0 spiro atoms. The molecule has 20 heavy (non-hydrogen) atoms. The fourth-order valence-corrected chi connectivity index (χ4v) is 2.35. The highest BCUT2D eigenvalue weighted by molar-refractivity contribution is 5.91. The second-order valence-corrected chi connectivity index (χ2v) is 5.81. The summed E-state index contributed by atoms with van der Waals surface area (Å²) in [5.74, 6) is 0.302. The predicted octanol–water partition coefficient (Wildman–Crippen LogP) is 3.01. The molecule has 0 heterocycles. The molecule has 4 heteroatoms. The molecule has 0 aromatic heterocycles. The van der Waals surface area contributed by atoms with Crippen LogP contribution >= 0.6 is 0 Å². The van der Waals surface area contributed by atoms with Gasteiger partial charge in [0.2, 0.25) is 0 Å². The SMILES string of the molecule is COc1ccc(CN(CC2CC2)C(C)C)cc1C(=O)O. The van der Waals surface area contributed by atoms with Crippen LogP contribution in [0.1, 0.15) is 42.6 Å². The molecule has 1 aliphatic rings. The Kier molecular flexibility index (Phi) is 4.65. The number of hydrogen-bond acceptors (Lipinski definition) is 3. The first-order valence-corrected chi connectivity index (χ1v) is 7.15. The molecule has 1 fully saturated rings. The summed E-state index contributed by atoms with van der Waals surface area (Å²) in [4.78, 5) is 13.7. The van der Waals surface area contributed by atoms with Crippen LogP contribution in [0.3, 0.4) is 0 Å². The monoisotopic (exact) mass is 277 g/mol. The maximum absolute atomic E-state index is 11.2. The van der Waals surface area contributed by atoms with E-state index >= 15 is 0 Å². The minimum Gasteiger partial charge on any atom is -0.496 e. The lowest BCUT2D eigenvalue weighted by atomic mass is 10.1. The Balaban J connectivity index is 2.14. The van der Waals surface area contributed by atoms with Gasteiger partial charge in [-0.3, -0.25) is 4.90 Å². The molecule has 0 radical (unpaired) electrons. The van der Waals surface area contributed by atoms with Crippen LogP contribution in [-0.2, 0) is 6.54 Å². The standard InChI is InChI=1S/C16H23NO3/c1-11(2)17(9-12-4-5-12)10-13-6-7-15(20-3)14(8-13)16(18)19/h6-8,11-12H,4-5,9-10H2,1-3H3,(H,18,19). The minimum atomic E-state index is -0.943. The summed E-state index contributed by atoms with van der Waals surface area (Å²) in [6.07, 6.45) is 2.65. The number of aromatic carboxylic acids is 1. The quantitative estimate of drug-likeness (QED) is 0.832. The van der Waals surface area contributed by atoms with Gasteiger partial charge in [-0.05, 0) is 50.3 Å². The molecule has 110 valence electrons. The number of rotatable bonds is 7. The Morgan fingerprint density at radius 1 is 1.45 bits per heavy atom. The van der Waals surface area contributed by atoms with Crippen LogP contribution in [0, 0.1) is 5.92 Å². The van der Waals surface area contributed by atoms with Gasteiger partial charge in [-0.1, -0.05) is 6.07 Å².